The van der Waals surface area contributed by atoms with Crippen LogP contribution in [0.1, 0.15) is 13.8 Å². The van der Waals surface area contributed by atoms with Gasteiger partial charge in [-0.2, -0.15) is 0 Å². The molecule has 0 bridgehead atoms. The first-order chi connectivity index (χ1) is 8.97. The van der Waals surface area contributed by atoms with Crippen LogP contribution < -0.4 is 20.9 Å². The van der Waals surface area contributed by atoms with Crippen LogP contribution in [0.25, 0.3) is 0 Å². The molecular formula is C12H16FN3O2S. The summed E-state index contributed by atoms with van der Waals surface area (Å²) in [5.41, 5.74) is 4.89. The highest BCUT2D eigenvalue weighted by atomic mass is 32.1. The molecule has 0 radical (unpaired) electrons. The topological polar surface area (TPSA) is 62.4 Å². The van der Waals surface area contributed by atoms with Crippen LogP contribution in [0, 0.1) is 5.82 Å². The summed E-state index contributed by atoms with van der Waals surface area (Å²) < 4.78 is 18.0. The molecule has 0 spiro atoms. The van der Waals surface area contributed by atoms with E-state index < -0.39 is 11.7 Å². The summed E-state index contributed by atoms with van der Waals surface area (Å²) in [6.07, 6.45) is 0. The summed E-state index contributed by atoms with van der Waals surface area (Å²) in [7, 11) is 0. The zero-order chi connectivity index (χ0) is 14.3. The van der Waals surface area contributed by atoms with Crippen LogP contribution in [-0.2, 0) is 4.79 Å². The summed E-state index contributed by atoms with van der Waals surface area (Å²) in [4.78, 5) is 11.4. The average Bonchev–Trinajstić information content (AvgIpc) is 2.33. The van der Waals surface area contributed by atoms with E-state index in [9.17, 15) is 9.18 Å². The molecular weight excluding hydrogens is 269 g/mol. The first-order valence-corrected chi connectivity index (χ1v) is 6.12. The van der Waals surface area contributed by atoms with Crippen LogP contribution in [0.5, 0.6) is 5.75 Å². The number of thiocarbonyl (C=S) groups is 1. The standard InChI is InChI=1S/C12H16FN3O2S/c1-8(2)14-12(19)16-15-11(17)7-18-10-5-3-4-9(13)6-10/h3-6,8H,7H2,1-2H3,(H,15,17)(H2,14,16,19). The molecule has 0 saturated carbocycles. The van der Waals surface area contributed by atoms with Crippen LogP contribution in [-0.4, -0.2) is 23.7 Å². The van der Waals surface area contributed by atoms with Crippen molar-refractivity contribution in [2.75, 3.05) is 6.61 Å². The number of hydrazine groups is 1. The molecule has 1 amide bonds. The summed E-state index contributed by atoms with van der Waals surface area (Å²) in [6.45, 7) is 3.60. The largest absolute Gasteiger partial charge is 0.484 e. The lowest BCUT2D eigenvalue weighted by Crippen LogP contribution is -2.49. The van der Waals surface area contributed by atoms with Crippen molar-refractivity contribution in [1.82, 2.24) is 16.2 Å². The van der Waals surface area contributed by atoms with Gasteiger partial charge in [0, 0.05) is 12.1 Å². The van der Waals surface area contributed by atoms with E-state index in [2.05, 4.69) is 16.2 Å². The summed E-state index contributed by atoms with van der Waals surface area (Å²) >= 11 is 4.92. The quantitative estimate of drug-likeness (QED) is 0.571. The number of hydrogen-bond donors (Lipinski definition) is 3. The Morgan fingerprint density at radius 3 is 2.79 bits per heavy atom. The normalized spacial score (nSPS) is 9.89. The maximum atomic E-state index is 12.8. The van der Waals surface area contributed by atoms with Gasteiger partial charge < -0.3 is 10.1 Å². The van der Waals surface area contributed by atoms with Crippen molar-refractivity contribution in [2.24, 2.45) is 0 Å². The third kappa shape index (κ3) is 6.56. The molecule has 19 heavy (non-hydrogen) atoms. The molecule has 3 N–H and O–H groups in total. The Kier molecular flexibility index (Phi) is 6.01. The molecule has 0 fully saturated rings. The van der Waals surface area contributed by atoms with Gasteiger partial charge in [0.25, 0.3) is 5.91 Å². The van der Waals surface area contributed by atoms with Crippen molar-refractivity contribution in [3.05, 3.63) is 30.1 Å². The van der Waals surface area contributed by atoms with Crippen molar-refractivity contribution in [3.63, 3.8) is 0 Å². The minimum Gasteiger partial charge on any atom is -0.484 e. The molecule has 0 heterocycles. The van der Waals surface area contributed by atoms with E-state index in [0.29, 0.717) is 5.11 Å². The predicted molar refractivity (Wildman–Crippen MR) is 74.0 cm³/mol. The zero-order valence-electron chi connectivity index (χ0n) is 10.7. The average molecular weight is 285 g/mol. The second-order valence-corrected chi connectivity index (χ2v) is 4.46. The number of hydrogen-bond acceptors (Lipinski definition) is 3. The van der Waals surface area contributed by atoms with Gasteiger partial charge in [-0.1, -0.05) is 6.07 Å². The monoisotopic (exact) mass is 285 g/mol. The Balaban J connectivity index is 2.26. The second-order valence-electron chi connectivity index (χ2n) is 4.05. The minimum atomic E-state index is -0.419. The van der Waals surface area contributed by atoms with Gasteiger partial charge in [0.1, 0.15) is 11.6 Å². The molecule has 0 aliphatic rings. The minimum absolute atomic E-state index is 0.167. The number of ether oxygens (including phenoxy) is 1. The molecule has 1 aromatic rings. The van der Waals surface area contributed by atoms with Crippen LogP contribution in [0.2, 0.25) is 0 Å². The van der Waals surface area contributed by atoms with E-state index in [4.69, 9.17) is 17.0 Å². The fourth-order valence-electron chi connectivity index (χ4n) is 1.17. The zero-order valence-corrected chi connectivity index (χ0v) is 11.5. The first-order valence-electron chi connectivity index (χ1n) is 5.71. The molecule has 0 aromatic heterocycles. The summed E-state index contributed by atoms with van der Waals surface area (Å²) in [6, 6.07) is 5.73. The Morgan fingerprint density at radius 2 is 2.16 bits per heavy atom. The van der Waals surface area contributed by atoms with Crippen LogP contribution in [0.3, 0.4) is 0 Å². The molecule has 5 nitrogen and oxygen atoms in total. The van der Waals surface area contributed by atoms with E-state index in [-0.39, 0.29) is 18.4 Å². The van der Waals surface area contributed by atoms with E-state index in [1.807, 2.05) is 13.8 Å². The maximum Gasteiger partial charge on any atom is 0.276 e. The summed E-state index contributed by atoms with van der Waals surface area (Å²) in [5.74, 6) is -0.548. The molecule has 7 heteroatoms. The fourth-order valence-corrected chi connectivity index (χ4v) is 1.45. The van der Waals surface area contributed by atoms with Crippen molar-refractivity contribution >= 4 is 23.2 Å². The van der Waals surface area contributed by atoms with Gasteiger partial charge in [-0.3, -0.25) is 15.6 Å². The third-order valence-electron chi connectivity index (χ3n) is 1.90. The van der Waals surface area contributed by atoms with E-state index in [1.54, 1.807) is 6.07 Å². The molecule has 0 aliphatic heterocycles. The first kappa shape index (κ1) is 15.2. The molecule has 0 saturated heterocycles. The molecule has 0 unspecified atom stereocenters. The number of nitrogens with one attached hydrogen (secondary N) is 3. The molecule has 0 aliphatic carbocycles. The second kappa shape index (κ2) is 7.52. The number of rotatable bonds is 4. The maximum absolute atomic E-state index is 12.8. The van der Waals surface area contributed by atoms with Gasteiger partial charge >= 0.3 is 0 Å². The van der Waals surface area contributed by atoms with Crippen LogP contribution in [0.4, 0.5) is 4.39 Å². The summed E-state index contributed by atoms with van der Waals surface area (Å²) in [5, 5.41) is 3.21. The lowest BCUT2D eigenvalue weighted by atomic mass is 10.3. The SMILES string of the molecule is CC(C)NC(=S)NNC(=O)COc1cccc(F)c1. The van der Waals surface area contributed by atoms with E-state index >= 15 is 0 Å². The highest BCUT2D eigenvalue weighted by Crippen LogP contribution is 2.11. The number of halogens is 1. The van der Waals surface area contributed by atoms with Crippen molar-refractivity contribution < 1.29 is 13.9 Å². The third-order valence-corrected chi connectivity index (χ3v) is 2.12. The molecule has 0 atom stereocenters. The predicted octanol–water partition coefficient (Wildman–Crippen LogP) is 1.11. The fraction of sp³-hybridized carbons (Fsp3) is 0.333. The Labute approximate surface area is 116 Å². The van der Waals surface area contributed by atoms with Gasteiger partial charge in [-0.25, -0.2) is 4.39 Å². The van der Waals surface area contributed by atoms with E-state index in [0.717, 1.165) is 0 Å². The van der Waals surface area contributed by atoms with Gasteiger partial charge in [0.05, 0.1) is 0 Å². The lowest BCUT2D eigenvalue weighted by molar-refractivity contribution is -0.123. The Morgan fingerprint density at radius 1 is 1.42 bits per heavy atom. The van der Waals surface area contributed by atoms with Crippen LogP contribution >= 0.6 is 12.2 Å². The van der Waals surface area contributed by atoms with Gasteiger partial charge in [-0.05, 0) is 38.2 Å². The van der Waals surface area contributed by atoms with Gasteiger partial charge in [0.15, 0.2) is 11.7 Å². The highest BCUT2D eigenvalue weighted by Gasteiger charge is 2.04. The lowest BCUT2D eigenvalue weighted by Gasteiger charge is -2.13. The van der Waals surface area contributed by atoms with Gasteiger partial charge in [-0.15, -0.1) is 0 Å². The number of carbonyl (C=O) groups is 1. The molecule has 1 aromatic carbocycles. The Bertz CT molecular complexity index is 454. The van der Waals surface area contributed by atoms with Crippen molar-refractivity contribution in [1.29, 1.82) is 0 Å². The number of amides is 1. The molecule has 1 rings (SSSR count). The van der Waals surface area contributed by atoms with Crippen LogP contribution in [0.15, 0.2) is 24.3 Å². The smallest absolute Gasteiger partial charge is 0.276 e. The number of carbonyl (C=O) groups excluding carboxylic acids is 1. The highest BCUT2D eigenvalue weighted by molar-refractivity contribution is 7.80. The Hall–Kier alpha value is -1.89. The van der Waals surface area contributed by atoms with Crippen molar-refractivity contribution in [2.45, 2.75) is 19.9 Å². The van der Waals surface area contributed by atoms with Gasteiger partial charge in [0.2, 0.25) is 0 Å². The number of benzene rings is 1. The molecule has 104 valence electrons. The van der Waals surface area contributed by atoms with Crippen molar-refractivity contribution in [3.8, 4) is 5.75 Å². The van der Waals surface area contributed by atoms with E-state index in [1.165, 1.54) is 18.2 Å².